The number of anilines is 1. The van der Waals surface area contributed by atoms with Crippen LogP contribution in [0.2, 0.25) is 0 Å². The molecular weight excluding hydrogens is 413 g/mol. The summed E-state index contributed by atoms with van der Waals surface area (Å²) in [4.78, 5) is 24.7. The first kappa shape index (κ1) is 20.0. The molecule has 2 heterocycles. The van der Waals surface area contributed by atoms with Gasteiger partial charge in [0.1, 0.15) is 23.1 Å². The summed E-state index contributed by atoms with van der Waals surface area (Å²) in [6.45, 7) is 0.145. The molecule has 8 nitrogen and oxygen atoms in total. The first-order valence-electron chi connectivity index (χ1n) is 9.18. The van der Waals surface area contributed by atoms with Crippen molar-refractivity contribution in [3.63, 3.8) is 0 Å². The average molecular weight is 431 g/mol. The van der Waals surface area contributed by atoms with Gasteiger partial charge in [0, 0.05) is 11.9 Å². The molecule has 1 unspecified atom stereocenters. The SMILES string of the molecule is NC(=O)c1oc2ccccc2c1NC(=O)C1CCCN1S(=O)(=O)c1ccc(F)cc1. The molecule has 1 aliphatic heterocycles. The highest BCUT2D eigenvalue weighted by molar-refractivity contribution is 7.89. The van der Waals surface area contributed by atoms with Gasteiger partial charge in [0.2, 0.25) is 21.7 Å². The average Bonchev–Trinajstić information content (AvgIpc) is 3.34. The van der Waals surface area contributed by atoms with Crippen molar-refractivity contribution in [3.05, 3.63) is 60.1 Å². The highest BCUT2D eigenvalue weighted by Crippen LogP contribution is 2.32. The van der Waals surface area contributed by atoms with Crippen molar-refractivity contribution in [2.75, 3.05) is 11.9 Å². The van der Waals surface area contributed by atoms with Crippen molar-refractivity contribution in [2.24, 2.45) is 5.73 Å². The molecule has 0 radical (unpaired) electrons. The maximum Gasteiger partial charge on any atom is 0.286 e. The topological polar surface area (TPSA) is 123 Å². The maximum absolute atomic E-state index is 13.2. The number of primary amides is 1. The van der Waals surface area contributed by atoms with Crippen LogP contribution in [-0.2, 0) is 14.8 Å². The van der Waals surface area contributed by atoms with Gasteiger partial charge in [0.15, 0.2) is 0 Å². The molecule has 3 N–H and O–H groups in total. The third-order valence-corrected chi connectivity index (χ3v) is 6.92. The lowest BCUT2D eigenvalue weighted by Gasteiger charge is -2.23. The molecule has 0 spiro atoms. The van der Waals surface area contributed by atoms with E-state index in [4.69, 9.17) is 10.2 Å². The molecular formula is C20H18FN3O5S. The Labute approximate surface area is 171 Å². The van der Waals surface area contributed by atoms with Gasteiger partial charge in [-0.1, -0.05) is 12.1 Å². The van der Waals surface area contributed by atoms with Gasteiger partial charge >= 0.3 is 0 Å². The Bertz CT molecular complexity index is 1240. The Morgan fingerprint density at radius 1 is 1.13 bits per heavy atom. The summed E-state index contributed by atoms with van der Waals surface area (Å²) in [6.07, 6.45) is 0.779. The minimum absolute atomic E-state index is 0.102. The van der Waals surface area contributed by atoms with Gasteiger partial charge in [-0.3, -0.25) is 9.59 Å². The number of nitrogens with one attached hydrogen (secondary N) is 1. The molecule has 1 aliphatic rings. The van der Waals surface area contributed by atoms with Gasteiger partial charge in [-0.25, -0.2) is 12.8 Å². The van der Waals surface area contributed by atoms with Crippen LogP contribution in [0.5, 0.6) is 0 Å². The van der Waals surface area contributed by atoms with Gasteiger partial charge < -0.3 is 15.5 Å². The number of carbonyl (C=O) groups excluding carboxylic acids is 2. The van der Waals surface area contributed by atoms with E-state index >= 15 is 0 Å². The molecule has 0 saturated carbocycles. The Hall–Kier alpha value is -3.24. The molecule has 10 heteroatoms. The predicted molar refractivity (Wildman–Crippen MR) is 107 cm³/mol. The number of para-hydroxylation sites is 1. The zero-order chi connectivity index (χ0) is 21.5. The first-order chi connectivity index (χ1) is 14.3. The standard InChI is InChI=1S/C20H18FN3O5S/c21-12-7-9-13(10-8-12)30(27,28)24-11-3-5-15(24)20(26)23-17-14-4-1-2-6-16(14)29-18(17)19(22)25/h1-2,4,6-10,15H,3,5,11H2,(H2,22,25)(H,23,26). The van der Waals surface area contributed by atoms with E-state index in [2.05, 4.69) is 5.32 Å². The molecule has 156 valence electrons. The second-order valence-corrected chi connectivity index (χ2v) is 8.77. The smallest absolute Gasteiger partial charge is 0.286 e. The normalized spacial score (nSPS) is 17.3. The van der Waals surface area contributed by atoms with Crippen LogP contribution in [0.3, 0.4) is 0 Å². The van der Waals surface area contributed by atoms with Gasteiger partial charge in [-0.05, 0) is 49.2 Å². The van der Waals surface area contributed by atoms with Gasteiger partial charge in [-0.2, -0.15) is 4.31 Å². The van der Waals surface area contributed by atoms with Crippen molar-refractivity contribution in [2.45, 2.75) is 23.8 Å². The third kappa shape index (κ3) is 3.44. The fourth-order valence-electron chi connectivity index (χ4n) is 3.58. The lowest BCUT2D eigenvalue weighted by atomic mass is 10.2. The Morgan fingerprint density at radius 3 is 2.53 bits per heavy atom. The molecule has 1 fully saturated rings. The predicted octanol–water partition coefficient (Wildman–Crippen LogP) is 2.46. The molecule has 1 atom stereocenters. The van der Waals surface area contributed by atoms with E-state index in [1.807, 2.05) is 0 Å². The number of nitrogens with zero attached hydrogens (tertiary/aromatic N) is 1. The Kier molecular flexibility index (Phi) is 5.04. The lowest BCUT2D eigenvalue weighted by Crippen LogP contribution is -2.43. The fraction of sp³-hybridized carbons (Fsp3) is 0.200. The number of benzene rings is 2. The lowest BCUT2D eigenvalue weighted by molar-refractivity contribution is -0.119. The highest BCUT2D eigenvalue weighted by Gasteiger charge is 2.40. The van der Waals surface area contributed by atoms with E-state index in [-0.39, 0.29) is 22.9 Å². The molecule has 2 aromatic carbocycles. The Morgan fingerprint density at radius 2 is 1.83 bits per heavy atom. The fourth-order valence-corrected chi connectivity index (χ4v) is 5.24. The second kappa shape index (κ2) is 7.54. The Balaban J connectivity index is 1.65. The number of carbonyl (C=O) groups is 2. The van der Waals surface area contributed by atoms with Crippen LogP contribution >= 0.6 is 0 Å². The van der Waals surface area contributed by atoms with Gasteiger partial charge in [-0.15, -0.1) is 0 Å². The second-order valence-electron chi connectivity index (χ2n) is 6.88. The number of hydrogen-bond donors (Lipinski definition) is 2. The molecule has 0 bridgehead atoms. The minimum Gasteiger partial charge on any atom is -0.449 e. The first-order valence-corrected chi connectivity index (χ1v) is 10.6. The number of fused-ring (bicyclic) bond motifs is 1. The summed E-state index contributed by atoms with van der Waals surface area (Å²) in [5.41, 5.74) is 5.84. The number of rotatable bonds is 5. The van der Waals surface area contributed by atoms with Crippen molar-refractivity contribution in [1.29, 1.82) is 0 Å². The molecule has 1 aromatic heterocycles. The van der Waals surface area contributed by atoms with Crippen molar-refractivity contribution < 1.29 is 26.8 Å². The van der Waals surface area contributed by atoms with Crippen LogP contribution in [0, 0.1) is 5.82 Å². The maximum atomic E-state index is 13.2. The quantitative estimate of drug-likeness (QED) is 0.642. The van der Waals surface area contributed by atoms with Crippen LogP contribution < -0.4 is 11.1 Å². The number of nitrogens with two attached hydrogens (primary N) is 1. The van der Waals surface area contributed by atoms with Crippen molar-refractivity contribution in [3.8, 4) is 0 Å². The molecule has 1 saturated heterocycles. The number of halogens is 1. The van der Waals surface area contributed by atoms with E-state index in [1.54, 1.807) is 24.3 Å². The number of amides is 2. The van der Waals surface area contributed by atoms with E-state index in [0.29, 0.717) is 23.8 Å². The van der Waals surface area contributed by atoms with Crippen LogP contribution in [0.25, 0.3) is 11.0 Å². The zero-order valence-corrected chi connectivity index (χ0v) is 16.5. The summed E-state index contributed by atoms with van der Waals surface area (Å²) >= 11 is 0. The summed E-state index contributed by atoms with van der Waals surface area (Å²) < 4.78 is 45.7. The van der Waals surface area contributed by atoms with Crippen LogP contribution in [0.15, 0.2) is 57.8 Å². The largest absolute Gasteiger partial charge is 0.449 e. The summed E-state index contributed by atoms with van der Waals surface area (Å²) in [7, 11) is -4.01. The number of sulfonamides is 1. The van der Waals surface area contributed by atoms with E-state index in [9.17, 15) is 22.4 Å². The van der Waals surface area contributed by atoms with E-state index in [0.717, 1.165) is 28.6 Å². The summed E-state index contributed by atoms with van der Waals surface area (Å²) in [5.74, 6) is -2.23. The monoisotopic (exact) mass is 431 g/mol. The highest BCUT2D eigenvalue weighted by atomic mass is 32.2. The summed E-state index contributed by atoms with van der Waals surface area (Å²) in [6, 6.07) is 10.1. The van der Waals surface area contributed by atoms with E-state index in [1.165, 1.54) is 0 Å². The van der Waals surface area contributed by atoms with E-state index < -0.39 is 33.7 Å². The molecule has 4 rings (SSSR count). The molecule has 30 heavy (non-hydrogen) atoms. The van der Waals surface area contributed by atoms with Crippen LogP contribution in [0.4, 0.5) is 10.1 Å². The zero-order valence-electron chi connectivity index (χ0n) is 15.7. The van der Waals surface area contributed by atoms with Crippen molar-refractivity contribution >= 4 is 38.5 Å². The van der Waals surface area contributed by atoms with Crippen LogP contribution in [-0.4, -0.2) is 37.1 Å². The third-order valence-electron chi connectivity index (χ3n) is 4.99. The summed E-state index contributed by atoms with van der Waals surface area (Å²) in [5, 5.41) is 3.10. The number of furan rings is 1. The van der Waals surface area contributed by atoms with Crippen LogP contribution in [0.1, 0.15) is 23.4 Å². The van der Waals surface area contributed by atoms with Crippen molar-refractivity contribution in [1.82, 2.24) is 4.31 Å². The number of hydrogen-bond acceptors (Lipinski definition) is 5. The molecule has 0 aliphatic carbocycles. The molecule has 2 amide bonds. The molecule has 3 aromatic rings. The van der Waals surface area contributed by atoms with Gasteiger partial charge in [0.05, 0.1) is 4.90 Å². The minimum atomic E-state index is -4.01. The van der Waals surface area contributed by atoms with Gasteiger partial charge in [0.25, 0.3) is 5.91 Å².